The number of fused-ring (bicyclic) bond motifs is 1. The van der Waals surface area contributed by atoms with Crippen molar-refractivity contribution in [2.24, 2.45) is 0 Å². The lowest BCUT2D eigenvalue weighted by molar-refractivity contribution is -0.133. The predicted octanol–water partition coefficient (Wildman–Crippen LogP) is 3.76. The van der Waals surface area contributed by atoms with E-state index in [1.54, 1.807) is 53.4 Å². The van der Waals surface area contributed by atoms with Gasteiger partial charge in [0.25, 0.3) is 5.91 Å². The van der Waals surface area contributed by atoms with Crippen molar-refractivity contribution in [3.63, 3.8) is 0 Å². The Balaban J connectivity index is 1.16. The number of rotatable bonds is 5. The molecule has 3 aromatic rings. The molecule has 0 unspecified atom stereocenters. The first kappa shape index (κ1) is 20.8. The van der Waals surface area contributed by atoms with Crippen molar-refractivity contribution < 1.29 is 27.9 Å². The second-order valence-electron chi connectivity index (χ2n) is 7.72. The molecule has 0 N–H and O–H groups in total. The number of benzene rings is 2. The molecule has 0 atom stereocenters. The number of piperazine rings is 1. The summed E-state index contributed by atoms with van der Waals surface area (Å²) in [5.41, 5.74) is 0.977. The maximum absolute atomic E-state index is 14.0. The number of carbonyl (C=O) groups is 2. The number of Topliss-reactive ketones (excluding diaryl/α,β-unsaturated/α-hetero) is 1. The summed E-state index contributed by atoms with van der Waals surface area (Å²) in [6.07, 6.45) is 3.05. The minimum Gasteiger partial charge on any atom is -0.484 e. The van der Waals surface area contributed by atoms with Gasteiger partial charge in [-0.05, 0) is 36.4 Å². The van der Waals surface area contributed by atoms with Gasteiger partial charge in [0.05, 0.1) is 17.5 Å². The van der Waals surface area contributed by atoms with Crippen LogP contribution in [-0.4, -0.2) is 49.4 Å². The third-order valence-electron chi connectivity index (χ3n) is 5.65. The van der Waals surface area contributed by atoms with Crippen LogP contribution in [-0.2, 0) is 4.79 Å². The SMILES string of the molecule is O=C1C(=Cc2ccco2)Oc2cc(OCC(=O)N3CCN(c4ccccc4F)CC3)ccc21. The van der Waals surface area contributed by atoms with Gasteiger partial charge in [0, 0.05) is 38.3 Å². The van der Waals surface area contributed by atoms with E-state index in [1.807, 2.05) is 4.90 Å². The van der Waals surface area contributed by atoms with Crippen molar-refractivity contribution >= 4 is 23.5 Å². The average molecular weight is 448 g/mol. The first-order valence-corrected chi connectivity index (χ1v) is 10.6. The fourth-order valence-corrected chi connectivity index (χ4v) is 3.90. The van der Waals surface area contributed by atoms with Crippen LogP contribution < -0.4 is 14.4 Å². The fourth-order valence-electron chi connectivity index (χ4n) is 3.90. The molecule has 5 rings (SSSR count). The first-order valence-electron chi connectivity index (χ1n) is 10.6. The molecule has 1 aromatic heterocycles. The van der Waals surface area contributed by atoms with Crippen LogP contribution in [0.2, 0.25) is 0 Å². The van der Waals surface area contributed by atoms with E-state index in [-0.39, 0.29) is 29.9 Å². The summed E-state index contributed by atoms with van der Waals surface area (Å²) in [5, 5.41) is 0. The van der Waals surface area contributed by atoms with Gasteiger partial charge >= 0.3 is 0 Å². The molecule has 1 saturated heterocycles. The van der Waals surface area contributed by atoms with E-state index in [1.165, 1.54) is 18.4 Å². The number of halogens is 1. The van der Waals surface area contributed by atoms with Crippen molar-refractivity contribution in [1.82, 2.24) is 4.90 Å². The van der Waals surface area contributed by atoms with Crippen molar-refractivity contribution in [3.8, 4) is 11.5 Å². The van der Waals surface area contributed by atoms with Crippen LogP contribution in [0.3, 0.4) is 0 Å². The van der Waals surface area contributed by atoms with Crippen molar-refractivity contribution in [1.29, 1.82) is 0 Å². The number of carbonyl (C=O) groups excluding carboxylic acids is 2. The molecule has 1 fully saturated rings. The topological polar surface area (TPSA) is 72.2 Å². The Hall–Kier alpha value is -4.07. The lowest BCUT2D eigenvalue weighted by atomic mass is 10.1. The molecule has 3 heterocycles. The monoisotopic (exact) mass is 448 g/mol. The molecule has 7 nitrogen and oxygen atoms in total. The zero-order chi connectivity index (χ0) is 22.8. The molecule has 2 aromatic carbocycles. The van der Waals surface area contributed by atoms with E-state index in [4.69, 9.17) is 13.9 Å². The van der Waals surface area contributed by atoms with Gasteiger partial charge in [-0.1, -0.05) is 12.1 Å². The molecule has 168 valence electrons. The molecule has 0 aliphatic carbocycles. The lowest BCUT2D eigenvalue weighted by Gasteiger charge is -2.36. The number of anilines is 1. The molecule has 0 spiro atoms. The van der Waals surface area contributed by atoms with E-state index in [9.17, 15) is 14.0 Å². The van der Waals surface area contributed by atoms with Crippen LogP contribution in [0.5, 0.6) is 11.5 Å². The van der Waals surface area contributed by atoms with Gasteiger partial charge in [-0.25, -0.2) is 4.39 Å². The number of ether oxygens (including phenoxy) is 2. The third kappa shape index (κ3) is 4.32. The van der Waals surface area contributed by atoms with E-state index in [0.29, 0.717) is 54.7 Å². The largest absolute Gasteiger partial charge is 0.484 e. The van der Waals surface area contributed by atoms with Gasteiger partial charge in [-0.3, -0.25) is 9.59 Å². The van der Waals surface area contributed by atoms with Gasteiger partial charge in [-0.15, -0.1) is 0 Å². The number of allylic oxidation sites excluding steroid dienone is 1. The van der Waals surface area contributed by atoms with Gasteiger partial charge in [0.1, 0.15) is 23.1 Å². The van der Waals surface area contributed by atoms with Gasteiger partial charge in [0.2, 0.25) is 5.78 Å². The normalized spacial score (nSPS) is 16.6. The molecule has 0 radical (unpaired) electrons. The quantitative estimate of drug-likeness (QED) is 0.554. The maximum atomic E-state index is 14.0. The van der Waals surface area contributed by atoms with Crippen LogP contribution in [0.1, 0.15) is 16.1 Å². The van der Waals surface area contributed by atoms with Crippen molar-refractivity contribution in [3.05, 3.63) is 83.8 Å². The second-order valence-corrected chi connectivity index (χ2v) is 7.72. The number of hydrogen-bond donors (Lipinski definition) is 0. The first-order chi connectivity index (χ1) is 16.1. The number of ketones is 1. The summed E-state index contributed by atoms with van der Waals surface area (Å²) in [6.45, 7) is 1.93. The Morgan fingerprint density at radius 2 is 1.88 bits per heavy atom. The Morgan fingerprint density at radius 1 is 1.06 bits per heavy atom. The minimum absolute atomic E-state index is 0.137. The highest BCUT2D eigenvalue weighted by molar-refractivity contribution is 6.14. The number of furan rings is 1. The predicted molar refractivity (Wildman–Crippen MR) is 119 cm³/mol. The summed E-state index contributed by atoms with van der Waals surface area (Å²) in [6, 6.07) is 14.9. The minimum atomic E-state index is -0.264. The maximum Gasteiger partial charge on any atom is 0.260 e. The highest BCUT2D eigenvalue weighted by Crippen LogP contribution is 2.35. The highest BCUT2D eigenvalue weighted by Gasteiger charge is 2.28. The standard InChI is InChI=1S/C25H21FN2O5/c26-20-5-1-2-6-21(20)27-9-11-28(12-10-27)24(29)16-32-18-7-8-19-22(14-18)33-23(25(19)30)15-17-4-3-13-31-17/h1-8,13-15H,9-12,16H2. The number of hydrogen-bond acceptors (Lipinski definition) is 6. The zero-order valence-electron chi connectivity index (χ0n) is 17.7. The van der Waals surface area contributed by atoms with E-state index >= 15 is 0 Å². The molecule has 0 bridgehead atoms. The van der Waals surface area contributed by atoms with E-state index in [0.717, 1.165) is 0 Å². The lowest BCUT2D eigenvalue weighted by Crippen LogP contribution is -2.50. The Morgan fingerprint density at radius 3 is 2.64 bits per heavy atom. The number of nitrogens with zero attached hydrogens (tertiary/aromatic N) is 2. The summed E-state index contributed by atoms with van der Waals surface area (Å²) in [4.78, 5) is 28.7. The van der Waals surface area contributed by atoms with Gasteiger partial charge in [-0.2, -0.15) is 0 Å². The molecular weight excluding hydrogens is 427 g/mol. The second kappa shape index (κ2) is 8.82. The van der Waals surface area contributed by atoms with E-state index in [2.05, 4.69) is 0 Å². The van der Waals surface area contributed by atoms with Crippen LogP contribution in [0.4, 0.5) is 10.1 Å². The summed E-state index contributed by atoms with van der Waals surface area (Å²) < 4.78 is 30.5. The molecule has 8 heteroatoms. The van der Waals surface area contributed by atoms with Crippen molar-refractivity contribution in [2.75, 3.05) is 37.7 Å². The molecule has 0 saturated carbocycles. The number of para-hydroxylation sites is 1. The van der Waals surface area contributed by atoms with Crippen LogP contribution in [0, 0.1) is 5.82 Å². The third-order valence-corrected chi connectivity index (χ3v) is 5.65. The van der Waals surface area contributed by atoms with Crippen molar-refractivity contribution in [2.45, 2.75) is 0 Å². The Kier molecular flexibility index (Phi) is 5.56. The average Bonchev–Trinajstić information content (AvgIpc) is 3.46. The highest BCUT2D eigenvalue weighted by atomic mass is 19.1. The summed E-state index contributed by atoms with van der Waals surface area (Å²) >= 11 is 0. The van der Waals surface area contributed by atoms with E-state index < -0.39 is 0 Å². The molecule has 2 aliphatic heterocycles. The zero-order valence-corrected chi connectivity index (χ0v) is 17.7. The molecular formula is C25H21FN2O5. The fraction of sp³-hybridized carbons (Fsp3) is 0.200. The van der Waals surface area contributed by atoms with Gasteiger partial charge < -0.3 is 23.7 Å². The number of amides is 1. The summed E-state index contributed by atoms with van der Waals surface area (Å²) in [5.74, 6) is 0.834. The summed E-state index contributed by atoms with van der Waals surface area (Å²) in [7, 11) is 0. The molecule has 2 aliphatic rings. The Bertz CT molecular complexity index is 1210. The van der Waals surface area contributed by atoms with Crippen LogP contribution >= 0.6 is 0 Å². The molecule has 33 heavy (non-hydrogen) atoms. The van der Waals surface area contributed by atoms with Gasteiger partial charge in [0.15, 0.2) is 12.4 Å². The van der Waals surface area contributed by atoms with Crippen LogP contribution in [0.15, 0.2) is 71.0 Å². The Labute approximate surface area is 189 Å². The smallest absolute Gasteiger partial charge is 0.260 e. The molecule has 1 amide bonds. The van der Waals surface area contributed by atoms with Crippen LogP contribution in [0.25, 0.3) is 6.08 Å².